The molecular weight excluding hydrogens is 578 g/mol. The fourth-order valence-corrected chi connectivity index (χ4v) is 3.95. The number of benzene rings is 2. The molecule has 3 amide bonds. The Bertz CT molecular complexity index is 1510. The Morgan fingerprint density at radius 3 is 2.40 bits per heavy atom. The van der Waals surface area contributed by atoms with Crippen molar-refractivity contribution < 1.29 is 45.8 Å². The number of nitrogens with one attached hydrogen (secondary N) is 2. The number of hydrogen-bond acceptors (Lipinski definition) is 8. The van der Waals surface area contributed by atoms with Crippen molar-refractivity contribution in [2.45, 2.75) is 51.4 Å². The van der Waals surface area contributed by atoms with Crippen LogP contribution in [-0.2, 0) is 9.59 Å². The van der Waals surface area contributed by atoms with Gasteiger partial charge in [-0.1, -0.05) is 6.07 Å². The van der Waals surface area contributed by atoms with Gasteiger partial charge in [-0.3, -0.25) is 14.4 Å². The summed E-state index contributed by atoms with van der Waals surface area (Å²) in [6.45, 7) is -0.0507. The third-order valence-electron chi connectivity index (χ3n) is 6.46. The van der Waals surface area contributed by atoms with Gasteiger partial charge in [0.25, 0.3) is 5.91 Å². The van der Waals surface area contributed by atoms with E-state index >= 15 is 0 Å². The van der Waals surface area contributed by atoms with E-state index in [0.29, 0.717) is 12.0 Å². The number of nitrogens with zero attached hydrogens (tertiary/aromatic N) is 1. The van der Waals surface area contributed by atoms with Crippen LogP contribution in [-0.4, -0.2) is 42.0 Å². The van der Waals surface area contributed by atoms with Gasteiger partial charge in [-0.05, 0) is 56.9 Å². The first kappa shape index (κ1) is 31.3. The summed E-state index contributed by atoms with van der Waals surface area (Å²) in [5, 5.41) is 4.58. The van der Waals surface area contributed by atoms with Crippen LogP contribution in [0.2, 0.25) is 0 Å². The molecule has 0 radical (unpaired) electrons. The van der Waals surface area contributed by atoms with E-state index in [9.17, 15) is 31.9 Å². The van der Waals surface area contributed by atoms with Gasteiger partial charge in [0.05, 0.1) is 12.6 Å². The second kappa shape index (κ2) is 13.1. The van der Waals surface area contributed by atoms with Gasteiger partial charge in [0.2, 0.25) is 17.7 Å². The monoisotopic (exact) mass is 607 g/mol. The number of alkyl halides is 2. The van der Waals surface area contributed by atoms with Gasteiger partial charge >= 0.3 is 6.61 Å². The number of carbonyl (C=O) groups is 3. The molecule has 3 aromatic rings. The highest BCUT2D eigenvalue weighted by Crippen LogP contribution is 2.37. The number of oxazole rings is 1. The predicted octanol–water partition coefficient (Wildman–Crippen LogP) is 3.49. The molecule has 0 bridgehead atoms. The molecule has 3 atom stereocenters. The summed E-state index contributed by atoms with van der Waals surface area (Å²) >= 11 is 0. The number of halogens is 4. The number of hydrogen-bond donors (Lipinski definition) is 4. The molecule has 1 aliphatic rings. The average molecular weight is 608 g/mol. The van der Waals surface area contributed by atoms with Crippen LogP contribution in [0.5, 0.6) is 11.5 Å². The summed E-state index contributed by atoms with van der Waals surface area (Å²) in [7, 11) is 0. The average Bonchev–Trinajstić information content (AvgIpc) is 3.65. The van der Waals surface area contributed by atoms with E-state index in [1.165, 1.54) is 32.0 Å². The van der Waals surface area contributed by atoms with Gasteiger partial charge in [0.15, 0.2) is 23.0 Å². The second-order valence-corrected chi connectivity index (χ2v) is 10.0. The van der Waals surface area contributed by atoms with Gasteiger partial charge in [0.1, 0.15) is 23.7 Å². The topological polar surface area (TPSA) is 172 Å². The largest absolute Gasteiger partial charge is 0.489 e. The highest BCUT2D eigenvalue weighted by atomic mass is 19.3. The standard InChI is InChI=1S/C28H29F4N5O6/c1-12(33)23-22(26(40)36-21(25(39)35-13(2)24(34)38)17-7-6-16(29)10-18(17)30)37-27(43-23)15-5-8-19(42-28(31)32)20(9-15)41-11-14-3-4-14/h5-10,12-14,21,28H,3-4,11,33H2,1-2H3,(H2,34,38)(H,35,39)(H,36,40)/t12-,13-,21?/m0/s1. The molecule has 43 heavy (non-hydrogen) atoms. The van der Waals surface area contributed by atoms with Gasteiger partial charge < -0.3 is 36.0 Å². The number of amides is 3. The van der Waals surface area contributed by atoms with Crippen molar-refractivity contribution in [2.24, 2.45) is 17.4 Å². The number of primary amides is 1. The van der Waals surface area contributed by atoms with Gasteiger partial charge in [-0.25, -0.2) is 13.8 Å². The highest BCUT2D eigenvalue weighted by molar-refractivity contribution is 5.98. The summed E-state index contributed by atoms with van der Waals surface area (Å²) in [4.78, 5) is 42.2. The molecule has 1 fully saturated rings. The van der Waals surface area contributed by atoms with Crippen molar-refractivity contribution >= 4 is 17.7 Å². The summed E-state index contributed by atoms with van der Waals surface area (Å²) in [6, 6.07) is 2.45. The maximum atomic E-state index is 14.7. The molecule has 1 aromatic heterocycles. The Labute approximate surface area is 242 Å². The van der Waals surface area contributed by atoms with E-state index in [1.54, 1.807) is 0 Å². The number of rotatable bonds is 13. The van der Waals surface area contributed by atoms with Gasteiger partial charge in [0, 0.05) is 17.2 Å². The van der Waals surface area contributed by atoms with Crippen LogP contribution in [0, 0.1) is 17.6 Å². The first-order valence-corrected chi connectivity index (χ1v) is 13.2. The van der Waals surface area contributed by atoms with Crippen molar-refractivity contribution in [1.82, 2.24) is 15.6 Å². The molecular formula is C28H29F4N5O6. The smallest absolute Gasteiger partial charge is 0.387 e. The van der Waals surface area contributed by atoms with Crippen LogP contribution in [0.15, 0.2) is 40.8 Å². The summed E-state index contributed by atoms with van der Waals surface area (Å²) in [5.41, 5.74) is 10.6. The summed E-state index contributed by atoms with van der Waals surface area (Å²) in [5.74, 6) is -5.20. The minimum Gasteiger partial charge on any atom is -0.489 e. The van der Waals surface area contributed by atoms with E-state index in [0.717, 1.165) is 25.0 Å². The van der Waals surface area contributed by atoms with Crippen molar-refractivity contribution in [3.05, 3.63) is 65.1 Å². The maximum Gasteiger partial charge on any atom is 0.387 e. The molecule has 1 aliphatic carbocycles. The molecule has 11 nitrogen and oxygen atoms in total. The molecule has 0 aliphatic heterocycles. The summed E-state index contributed by atoms with van der Waals surface area (Å²) < 4.78 is 70.2. The Kier molecular flexibility index (Phi) is 9.53. The first-order chi connectivity index (χ1) is 20.3. The van der Waals surface area contributed by atoms with Crippen molar-refractivity contribution in [1.29, 1.82) is 0 Å². The summed E-state index contributed by atoms with van der Waals surface area (Å²) in [6.07, 6.45) is 1.89. The zero-order chi connectivity index (χ0) is 31.4. The van der Waals surface area contributed by atoms with Crippen molar-refractivity contribution in [3.63, 3.8) is 0 Å². The molecule has 1 saturated carbocycles. The SMILES string of the molecule is C[C@H](NC(=O)C(NC(=O)c1nc(-c2ccc(OC(F)F)c(OCC3CC3)c2)oc1[C@H](C)N)c1ccc(F)cc1F)C(N)=O. The van der Waals surface area contributed by atoms with E-state index in [2.05, 4.69) is 20.4 Å². The molecule has 230 valence electrons. The van der Waals surface area contributed by atoms with Crippen LogP contribution in [0.1, 0.15) is 60.6 Å². The number of aromatic nitrogens is 1. The van der Waals surface area contributed by atoms with Crippen molar-refractivity contribution in [2.75, 3.05) is 6.61 Å². The minimum absolute atomic E-state index is 0.00309. The molecule has 6 N–H and O–H groups in total. The normalized spacial score (nSPS) is 15.0. The Hall–Kier alpha value is -4.66. The third-order valence-corrected chi connectivity index (χ3v) is 6.46. The van der Waals surface area contributed by atoms with Crippen LogP contribution in [0.4, 0.5) is 17.6 Å². The maximum absolute atomic E-state index is 14.7. The zero-order valence-corrected chi connectivity index (χ0v) is 23.0. The van der Waals surface area contributed by atoms with Crippen LogP contribution >= 0.6 is 0 Å². The molecule has 2 aromatic carbocycles. The lowest BCUT2D eigenvalue weighted by Crippen LogP contribution is -2.48. The van der Waals surface area contributed by atoms with Crippen LogP contribution in [0.25, 0.3) is 11.5 Å². The fourth-order valence-electron chi connectivity index (χ4n) is 3.95. The second-order valence-electron chi connectivity index (χ2n) is 10.0. The van der Waals surface area contributed by atoms with E-state index < -0.39 is 59.7 Å². The third kappa shape index (κ3) is 7.80. The molecule has 0 spiro atoms. The van der Waals surface area contributed by atoms with Gasteiger partial charge in [-0.15, -0.1) is 0 Å². The quantitative estimate of drug-likeness (QED) is 0.214. The van der Waals surface area contributed by atoms with Gasteiger partial charge in [-0.2, -0.15) is 8.78 Å². The van der Waals surface area contributed by atoms with Crippen LogP contribution in [0.3, 0.4) is 0 Å². The Morgan fingerprint density at radius 1 is 1.07 bits per heavy atom. The predicted molar refractivity (Wildman–Crippen MR) is 143 cm³/mol. The molecule has 1 unspecified atom stereocenters. The molecule has 1 heterocycles. The van der Waals surface area contributed by atoms with E-state index in [4.69, 9.17) is 20.6 Å². The molecule has 15 heteroatoms. The lowest BCUT2D eigenvalue weighted by Gasteiger charge is -2.21. The minimum atomic E-state index is -3.10. The Morgan fingerprint density at radius 2 is 1.79 bits per heavy atom. The fraction of sp³-hybridized carbons (Fsp3) is 0.357. The Balaban J connectivity index is 1.67. The number of ether oxygens (including phenoxy) is 2. The van der Waals surface area contributed by atoms with E-state index in [1.807, 2.05) is 0 Å². The van der Waals surface area contributed by atoms with Crippen LogP contribution < -0.4 is 31.6 Å². The lowest BCUT2D eigenvalue weighted by atomic mass is 10.0. The highest BCUT2D eigenvalue weighted by Gasteiger charge is 2.32. The molecule has 0 saturated heterocycles. The number of carbonyl (C=O) groups excluding carboxylic acids is 3. The lowest BCUT2D eigenvalue weighted by molar-refractivity contribution is -0.128. The van der Waals surface area contributed by atoms with Crippen molar-refractivity contribution in [3.8, 4) is 23.0 Å². The number of nitrogens with two attached hydrogens (primary N) is 2. The molecule has 4 rings (SSSR count). The van der Waals surface area contributed by atoms with E-state index in [-0.39, 0.29) is 41.0 Å². The zero-order valence-electron chi connectivity index (χ0n) is 23.0. The first-order valence-electron chi connectivity index (χ1n) is 13.2.